The smallest absolute Gasteiger partial charge is 0.316 e. The van der Waals surface area contributed by atoms with E-state index in [1.165, 1.54) is 16.7 Å². The fourth-order valence-corrected chi connectivity index (χ4v) is 2.61. The minimum absolute atomic E-state index is 0.0493. The van der Waals surface area contributed by atoms with Crippen LogP contribution in [0.1, 0.15) is 18.4 Å². The molecule has 0 aliphatic rings. The Bertz CT molecular complexity index is 546. The van der Waals surface area contributed by atoms with E-state index in [0.717, 1.165) is 0 Å². The Kier molecular flexibility index (Phi) is 4.79. The fraction of sp³-hybridized carbons (Fsp3) is 0.312. The summed E-state index contributed by atoms with van der Waals surface area (Å²) < 4.78 is 0. The van der Waals surface area contributed by atoms with Gasteiger partial charge < -0.3 is 10.2 Å². The van der Waals surface area contributed by atoms with Crippen LogP contribution in [0.5, 0.6) is 0 Å². The van der Waals surface area contributed by atoms with Gasteiger partial charge in [0, 0.05) is 20.6 Å². The molecular formula is C16H20N2OS. The second-order valence-electron chi connectivity index (χ2n) is 5.12. The molecule has 1 heterocycles. The van der Waals surface area contributed by atoms with E-state index in [0.29, 0.717) is 12.5 Å². The lowest BCUT2D eigenvalue weighted by Crippen LogP contribution is -2.36. The van der Waals surface area contributed by atoms with Crippen molar-refractivity contribution >= 4 is 17.4 Å². The molecule has 0 radical (unpaired) electrons. The van der Waals surface area contributed by atoms with Crippen molar-refractivity contribution in [1.29, 1.82) is 0 Å². The van der Waals surface area contributed by atoms with Gasteiger partial charge in [-0.3, -0.25) is 0 Å². The van der Waals surface area contributed by atoms with Crippen LogP contribution in [0.25, 0.3) is 11.1 Å². The Labute approximate surface area is 124 Å². The SMILES string of the molecule is CC(CNC(=O)N(C)C)c1ccc(-c2ccsc2)cc1. The van der Waals surface area contributed by atoms with Gasteiger partial charge in [0.15, 0.2) is 0 Å². The van der Waals surface area contributed by atoms with E-state index < -0.39 is 0 Å². The summed E-state index contributed by atoms with van der Waals surface area (Å²) in [4.78, 5) is 13.1. The summed E-state index contributed by atoms with van der Waals surface area (Å²) in [6.07, 6.45) is 0. The van der Waals surface area contributed by atoms with Crippen molar-refractivity contribution in [3.63, 3.8) is 0 Å². The van der Waals surface area contributed by atoms with Crippen molar-refractivity contribution in [2.75, 3.05) is 20.6 Å². The van der Waals surface area contributed by atoms with Crippen LogP contribution in [-0.2, 0) is 0 Å². The third kappa shape index (κ3) is 3.61. The van der Waals surface area contributed by atoms with Crippen molar-refractivity contribution in [2.45, 2.75) is 12.8 Å². The third-order valence-corrected chi connectivity index (χ3v) is 3.98. The Morgan fingerprint density at radius 3 is 2.45 bits per heavy atom. The van der Waals surface area contributed by atoms with Gasteiger partial charge in [0.2, 0.25) is 0 Å². The van der Waals surface area contributed by atoms with Gasteiger partial charge >= 0.3 is 6.03 Å². The van der Waals surface area contributed by atoms with Crippen molar-refractivity contribution in [2.24, 2.45) is 0 Å². The zero-order valence-corrected chi connectivity index (χ0v) is 12.9. The van der Waals surface area contributed by atoms with E-state index in [9.17, 15) is 4.79 Å². The van der Waals surface area contributed by atoms with Gasteiger partial charge in [0.05, 0.1) is 0 Å². The highest BCUT2D eigenvalue weighted by atomic mass is 32.1. The van der Waals surface area contributed by atoms with E-state index in [2.05, 4.69) is 53.3 Å². The number of urea groups is 1. The Hall–Kier alpha value is -1.81. The number of nitrogens with one attached hydrogen (secondary N) is 1. The second-order valence-corrected chi connectivity index (χ2v) is 5.90. The molecule has 0 saturated carbocycles. The van der Waals surface area contributed by atoms with Gasteiger partial charge in [-0.2, -0.15) is 11.3 Å². The molecule has 1 atom stereocenters. The molecule has 0 fully saturated rings. The zero-order valence-electron chi connectivity index (χ0n) is 12.1. The van der Waals surface area contributed by atoms with Gasteiger partial charge in [0.25, 0.3) is 0 Å². The number of hydrogen-bond acceptors (Lipinski definition) is 2. The summed E-state index contributed by atoms with van der Waals surface area (Å²) in [5.74, 6) is 0.301. The molecule has 0 aliphatic carbocycles. The van der Waals surface area contributed by atoms with Crippen molar-refractivity contribution < 1.29 is 4.79 Å². The zero-order chi connectivity index (χ0) is 14.5. The monoisotopic (exact) mass is 288 g/mol. The number of rotatable bonds is 4. The van der Waals surface area contributed by atoms with Crippen LogP contribution in [0.3, 0.4) is 0 Å². The maximum Gasteiger partial charge on any atom is 0.316 e. The Morgan fingerprint density at radius 2 is 1.90 bits per heavy atom. The number of carbonyl (C=O) groups is 1. The molecule has 0 aliphatic heterocycles. The first-order chi connectivity index (χ1) is 9.58. The topological polar surface area (TPSA) is 32.3 Å². The van der Waals surface area contributed by atoms with Crippen LogP contribution in [0.4, 0.5) is 4.79 Å². The molecular weight excluding hydrogens is 268 g/mol. The number of hydrogen-bond donors (Lipinski definition) is 1. The van der Waals surface area contributed by atoms with E-state index in [-0.39, 0.29) is 6.03 Å². The molecule has 1 aromatic carbocycles. The molecule has 2 rings (SSSR count). The highest BCUT2D eigenvalue weighted by Crippen LogP contribution is 2.24. The minimum atomic E-state index is -0.0493. The summed E-state index contributed by atoms with van der Waals surface area (Å²) in [5.41, 5.74) is 3.73. The predicted molar refractivity (Wildman–Crippen MR) is 85.3 cm³/mol. The van der Waals surface area contributed by atoms with Crippen molar-refractivity contribution in [3.8, 4) is 11.1 Å². The van der Waals surface area contributed by atoms with Gasteiger partial charge in [-0.25, -0.2) is 4.79 Å². The number of benzene rings is 1. The van der Waals surface area contributed by atoms with E-state index >= 15 is 0 Å². The largest absolute Gasteiger partial charge is 0.337 e. The molecule has 1 unspecified atom stereocenters. The Morgan fingerprint density at radius 1 is 1.20 bits per heavy atom. The molecule has 1 N–H and O–H groups in total. The Balaban J connectivity index is 1.97. The average molecular weight is 288 g/mol. The fourth-order valence-electron chi connectivity index (χ4n) is 1.95. The van der Waals surface area contributed by atoms with Crippen molar-refractivity contribution in [1.82, 2.24) is 10.2 Å². The molecule has 4 heteroatoms. The van der Waals surface area contributed by atoms with Crippen LogP contribution < -0.4 is 5.32 Å². The van der Waals surface area contributed by atoms with Gasteiger partial charge in [0.1, 0.15) is 0 Å². The molecule has 106 valence electrons. The lowest BCUT2D eigenvalue weighted by Gasteiger charge is -2.16. The summed E-state index contributed by atoms with van der Waals surface area (Å²) in [6.45, 7) is 2.77. The predicted octanol–water partition coefficient (Wildman–Crippen LogP) is 3.79. The van der Waals surface area contributed by atoms with Crippen LogP contribution in [0, 0.1) is 0 Å². The van der Waals surface area contributed by atoms with Crippen LogP contribution in [-0.4, -0.2) is 31.6 Å². The summed E-state index contributed by atoms with van der Waals surface area (Å²) in [5, 5.41) is 7.15. The lowest BCUT2D eigenvalue weighted by atomic mass is 9.98. The molecule has 0 spiro atoms. The normalized spacial score (nSPS) is 11.9. The van der Waals surface area contributed by atoms with E-state index in [1.807, 2.05) is 0 Å². The third-order valence-electron chi connectivity index (χ3n) is 3.30. The van der Waals surface area contributed by atoms with Gasteiger partial charge in [-0.15, -0.1) is 0 Å². The molecule has 3 nitrogen and oxygen atoms in total. The van der Waals surface area contributed by atoms with Crippen LogP contribution in [0.2, 0.25) is 0 Å². The minimum Gasteiger partial charge on any atom is -0.337 e. The maximum absolute atomic E-state index is 11.5. The second kappa shape index (κ2) is 6.57. The first kappa shape index (κ1) is 14.6. The number of thiophene rings is 1. The molecule has 1 aromatic heterocycles. The number of nitrogens with zero attached hydrogens (tertiary/aromatic N) is 1. The summed E-state index contributed by atoms with van der Waals surface area (Å²) in [6, 6.07) is 10.6. The maximum atomic E-state index is 11.5. The van der Waals surface area contributed by atoms with Gasteiger partial charge in [-0.1, -0.05) is 31.2 Å². The van der Waals surface area contributed by atoms with Gasteiger partial charge in [-0.05, 0) is 39.4 Å². The highest BCUT2D eigenvalue weighted by Gasteiger charge is 2.09. The average Bonchev–Trinajstić information content (AvgIpc) is 2.98. The number of amides is 2. The summed E-state index contributed by atoms with van der Waals surface area (Å²) >= 11 is 1.71. The highest BCUT2D eigenvalue weighted by molar-refractivity contribution is 7.08. The molecule has 0 saturated heterocycles. The van der Waals surface area contributed by atoms with Crippen LogP contribution >= 0.6 is 11.3 Å². The molecule has 2 amide bonds. The quantitative estimate of drug-likeness (QED) is 0.912. The number of carbonyl (C=O) groups excluding carboxylic acids is 1. The lowest BCUT2D eigenvalue weighted by molar-refractivity contribution is 0.217. The van der Waals surface area contributed by atoms with E-state index in [1.54, 1.807) is 30.3 Å². The first-order valence-corrected chi connectivity index (χ1v) is 7.60. The standard InChI is InChI=1S/C16H20N2OS/c1-12(10-17-16(19)18(2)3)13-4-6-14(7-5-13)15-8-9-20-11-15/h4-9,11-12H,10H2,1-3H3,(H,17,19). The first-order valence-electron chi connectivity index (χ1n) is 6.65. The summed E-state index contributed by atoms with van der Waals surface area (Å²) in [7, 11) is 3.49. The van der Waals surface area contributed by atoms with E-state index in [4.69, 9.17) is 0 Å². The molecule has 0 bridgehead atoms. The van der Waals surface area contributed by atoms with Crippen molar-refractivity contribution in [3.05, 3.63) is 46.7 Å². The molecule has 20 heavy (non-hydrogen) atoms. The van der Waals surface area contributed by atoms with Crippen LogP contribution in [0.15, 0.2) is 41.1 Å². The molecule has 2 aromatic rings.